The largest absolute Gasteiger partial charge is 0.487 e. The molecule has 0 aliphatic carbocycles. The molecule has 0 radical (unpaired) electrons. The molecule has 8 heteroatoms. The number of hydrogen-bond acceptors (Lipinski definition) is 5. The second-order valence-electron chi connectivity index (χ2n) is 6.17. The van der Waals surface area contributed by atoms with Crippen LogP contribution in [0, 0.1) is 6.92 Å². The zero-order valence-electron chi connectivity index (χ0n) is 15.2. The number of pyridine rings is 1. The van der Waals surface area contributed by atoms with Crippen LogP contribution in [0.3, 0.4) is 0 Å². The topological polar surface area (TPSA) is 82.5 Å². The normalized spacial score (nSPS) is 11.2. The van der Waals surface area contributed by atoms with Crippen LogP contribution < -0.4 is 19.2 Å². The molecule has 0 aliphatic rings. The number of aryl methyl sites for hydroxylation is 1. The molecule has 146 valence electrons. The molecule has 1 aromatic heterocycles. The number of nitrogen functional groups attached to an aromatic ring is 1. The first-order valence-electron chi connectivity index (χ1n) is 8.51. The zero-order valence-corrected chi connectivity index (χ0v) is 16.8. The standard InChI is InChI=1S/C20H19ClN2O4S/c1-15-12-17(26-11-10-23-8-6-16(22)7-9-23)14-18(13-15)27-28(24,25)20-5-3-2-4-19(20)21/h2-9,12-14,22H,10-11H2,1H3/p+1. The van der Waals surface area contributed by atoms with E-state index >= 15 is 0 Å². The molecule has 0 saturated heterocycles. The Balaban J connectivity index is 1.70. The van der Waals surface area contributed by atoms with Crippen molar-refractivity contribution >= 4 is 27.4 Å². The van der Waals surface area contributed by atoms with Gasteiger partial charge in [-0.15, -0.1) is 0 Å². The number of halogens is 1. The van der Waals surface area contributed by atoms with Crippen molar-refractivity contribution < 1.29 is 21.9 Å². The molecule has 0 atom stereocenters. The predicted octanol–water partition coefficient (Wildman–Crippen LogP) is 3.36. The molecule has 0 saturated carbocycles. The average Bonchev–Trinajstić information content (AvgIpc) is 2.63. The lowest BCUT2D eigenvalue weighted by molar-refractivity contribution is -0.697. The van der Waals surface area contributed by atoms with Crippen molar-refractivity contribution in [3.05, 3.63) is 77.6 Å². The Morgan fingerprint density at radius 1 is 1.04 bits per heavy atom. The number of ether oxygens (including phenoxy) is 1. The van der Waals surface area contributed by atoms with Gasteiger partial charge in [0, 0.05) is 23.9 Å². The van der Waals surface area contributed by atoms with Gasteiger partial charge in [-0.05, 0) is 36.8 Å². The molecule has 0 fully saturated rings. The van der Waals surface area contributed by atoms with Gasteiger partial charge in [-0.1, -0.05) is 23.7 Å². The van der Waals surface area contributed by atoms with Gasteiger partial charge in [0.2, 0.25) is 0 Å². The van der Waals surface area contributed by atoms with Gasteiger partial charge in [0.25, 0.3) is 0 Å². The van der Waals surface area contributed by atoms with Crippen LogP contribution in [0.15, 0.2) is 71.9 Å². The van der Waals surface area contributed by atoms with E-state index in [9.17, 15) is 8.42 Å². The van der Waals surface area contributed by atoms with E-state index in [1.807, 2.05) is 30.0 Å². The quantitative estimate of drug-likeness (QED) is 0.469. The molecule has 3 rings (SSSR count). The van der Waals surface area contributed by atoms with Crippen LogP contribution >= 0.6 is 11.6 Å². The second-order valence-corrected chi connectivity index (χ2v) is 8.09. The maximum Gasteiger partial charge on any atom is 0.340 e. The van der Waals surface area contributed by atoms with E-state index in [0.29, 0.717) is 24.6 Å². The molecule has 0 spiro atoms. The zero-order chi connectivity index (χ0) is 20.1. The van der Waals surface area contributed by atoms with Crippen LogP contribution in [0.2, 0.25) is 5.02 Å². The molecular formula is C20H20ClN2O4S+. The summed E-state index contributed by atoms with van der Waals surface area (Å²) in [7, 11) is -4.05. The maximum atomic E-state index is 12.5. The molecule has 28 heavy (non-hydrogen) atoms. The van der Waals surface area contributed by atoms with E-state index in [-0.39, 0.29) is 15.7 Å². The summed E-state index contributed by atoms with van der Waals surface area (Å²) in [5.41, 5.74) is 7.17. The molecule has 0 unspecified atom stereocenters. The van der Waals surface area contributed by atoms with E-state index < -0.39 is 10.1 Å². The first-order valence-corrected chi connectivity index (χ1v) is 10.3. The van der Waals surface area contributed by atoms with E-state index in [1.165, 1.54) is 18.2 Å². The summed E-state index contributed by atoms with van der Waals surface area (Å²) in [6, 6.07) is 14.7. The second kappa shape index (κ2) is 8.50. The lowest BCUT2D eigenvalue weighted by Gasteiger charge is -2.11. The van der Waals surface area contributed by atoms with Crippen molar-refractivity contribution in [3.63, 3.8) is 0 Å². The minimum absolute atomic E-state index is 0.0830. The highest BCUT2D eigenvalue weighted by atomic mass is 35.5. The third kappa shape index (κ3) is 5.15. The van der Waals surface area contributed by atoms with Crippen LogP contribution in [-0.2, 0) is 16.7 Å². The van der Waals surface area contributed by atoms with Crippen LogP contribution in [0.1, 0.15) is 5.56 Å². The van der Waals surface area contributed by atoms with Crippen molar-refractivity contribution in [2.24, 2.45) is 0 Å². The number of nitrogens with zero attached hydrogens (tertiary/aromatic N) is 1. The Kier molecular flexibility index (Phi) is 6.06. The van der Waals surface area contributed by atoms with Gasteiger partial charge in [-0.25, -0.2) is 4.57 Å². The van der Waals surface area contributed by atoms with Gasteiger partial charge in [-0.2, -0.15) is 8.42 Å². The van der Waals surface area contributed by atoms with Crippen molar-refractivity contribution in [2.75, 3.05) is 12.3 Å². The fourth-order valence-corrected chi connectivity index (χ4v) is 3.96. The molecule has 0 bridgehead atoms. The summed E-state index contributed by atoms with van der Waals surface area (Å²) < 4.78 is 38.0. The summed E-state index contributed by atoms with van der Waals surface area (Å²) in [5.74, 6) is 0.676. The number of anilines is 1. The van der Waals surface area contributed by atoms with Crippen molar-refractivity contribution in [1.29, 1.82) is 0 Å². The van der Waals surface area contributed by atoms with Crippen molar-refractivity contribution in [3.8, 4) is 11.5 Å². The SMILES string of the molecule is Cc1cc(OCC[n+]2ccc(N)cc2)cc(OS(=O)(=O)c2ccccc2Cl)c1. The van der Waals surface area contributed by atoms with Gasteiger partial charge in [-0.3, -0.25) is 0 Å². The summed E-state index contributed by atoms with van der Waals surface area (Å²) in [6.45, 7) is 2.84. The first kappa shape index (κ1) is 20.0. The minimum atomic E-state index is -4.05. The number of aromatic nitrogens is 1. The highest BCUT2D eigenvalue weighted by molar-refractivity contribution is 7.87. The Morgan fingerprint density at radius 3 is 2.43 bits per heavy atom. The highest BCUT2D eigenvalue weighted by Gasteiger charge is 2.20. The molecular weight excluding hydrogens is 400 g/mol. The molecule has 1 heterocycles. The third-order valence-corrected chi connectivity index (χ3v) is 5.62. The maximum absolute atomic E-state index is 12.5. The van der Waals surface area contributed by atoms with Crippen molar-refractivity contribution in [1.82, 2.24) is 0 Å². The molecule has 6 nitrogen and oxygen atoms in total. The van der Waals surface area contributed by atoms with Crippen LogP contribution in [0.4, 0.5) is 5.69 Å². The van der Waals surface area contributed by atoms with Gasteiger partial charge in [0.05, 0.1) is 5.02 Å². The summed E-state index contributed by atoms with van der Waals surface area (Å²) in [6.07, 6.45) is 3.72. The Labute approximate surface area is 169 Å². The molecule has 0 aliphatic heterocycles. The highest BCUT2D eigenvalue weighted by Crippen LogP contribution is 2.28. The van der Waals surface area contributed by atoms with Crippen LogP contribution in [0.25, 0.3) is 0 Å². The van der Waals surface area contributed by atoms with Gasteiger partial charge >= 0.3 is 10.1 Å². The Hall–Kier alpha value is -2.77. The molecule has 2 N–H and O–H groups in total. The Bertz CT molecular complexity index is 1070. The molecule has 0 amide bonds. The number of benzene rings is 2. The minimum Gasteiger partial charge on any atom is -0.487 e. The fraction of sp³-hybridized carbons (Fsp3) is 0.150. The number of hydrogen-bond donors (Lipinski definition) is 1. The molecule has 2 aromatic carbocycles. The average molecular weight is 420 g/mol. The summed E-state index contributed by atoms with van der Waals surface area (Å²) >= 11 is 5.98. The number of rotatable bonds is 7. The van der Waals surface area contributed by atoms with Gasteiger partial charge in [0.1, 0.15) is 23.0 Å². The van der Waals surface area contributed by atoms with Crippen LogP contribution in [0.5, 0.6) is 11.5 Å². The van der Waals surface area contributed by atoms with E-state index in [0.717, 1.165) is 5.56 Å². The molecule has 3 aromatic rings. The first-order chi connectivity index (χ1) is 13.3. The summed E-state index contributed by atoms with van der Waals surface area (Å²) in [4.78, 5) is -0.0830. The van der Waals surface area contributed by atoms with Crippen LogP contribution in [-0.4, -0.2) is 15.0 Å². The van der Waals surface area contributed by atoms with Gasteiger partial charge in [0.15, 0.2) is 18.9 Å². The van der Waals surface area contributed by atoms with E-state index in [2.05, 4.69) is 0 Å². The lowest BCUT2D eigenvalue weighted by atomic mass is 10.2. The summed E-state index contributed by atoms with van der Waals surface area (Å²) in [5, 5.41) is 0.104. The third-order valence-electron chi connectivity index (χ3n) is 3.87. The predicted molar refractivity (Wildman–Crippen MR) is 107 cm³/mol. The van der Waals surface area contributed by atoms with E-state index in [4.69, 9.17) is 26.3 Å². The smallest absolute Gasteiger partial charge is 0.340 e. The van der Waals surface area contributed by atoms with Gasteiger partial charge < -0.3 is 14.7 Å². The van der Waals surface area contributed by atoms with E-state index in [1.54, 1.807) is 30.3 Å². The fourth-order valence-electron chi connectivity index (χ4n) is 2.55. The monoisotopic (exact) mass is 419 g/mol. The lowest BCUT2D eigenvalue weighted by Crippen LogP contribution is -2.35. The number of nitrogens with two attached hydrogens (primary N) is 1. The van der Waals surface area contributed by atoms with Crippen molar-refractivity contribution in [2.45, 2.75) is 18.4 Å². The Morgan fingerprint density at radius 2 is 1.71 bits per heavy atom.